The van der Waals surface area contributed by atoms with Gasteiger partial charge in [-0.05, 0) is 19.1 Å². The molecular weight excluding hydrogens is 312 g/mol. The Hall–Kier alpha value is -1.84. The van der Waals surface area contributed by atoms with Crippen molar-refractivity contribution < 1.29 is 27.9 Å². The zero-order valence-corrected chi connectivity index (χ0v) is 13.5. The minimum atomic E-state index is -3.61. The Bertz CT molecular complexity index is 606. The van der Waals surface area contributed by atoms with Gasteiger partial charge in [0.2, 0.25) is 10.0 Å². The molecule has 0 saturated carbocycles. The molecule has 22 heavy (non-hydrogen) atoms. The average Bonchev–Trinajstić information content (AvgIpc) is 3.01. The number of allylic oxidation sites excluding steroid dienone is 1. The second-order valence-corrected chi connectivity index (χ2v) is 6.38. The van der Waals surface area contributed by atoms with Crippen molar-refractivity contribution >= 4 is 15.9 Å². The lowest BCUT2D eigenvalue weighted by molar-refractivity contribution is -0.125. The topological polar surface area (TPSA) is 105 Å². The number of hydrogen-bond acceptors (Lipinski definition) is 6. The molecule has 0 spiro atoms. The molecule has 0 aromatic heterocycles. The van der Waals surface area contributed by atoms with Gasteiger partial charge in [0.05, 0.1) is 20.0 Å². The third-order valence-electron chi connectivity index (χ3n) is 3.10. The zero-order chi connectivity index (χ0) is 16.8. The van der Waals surface area contributed by atoms with Crippen LogP contribution in [0.2, 0.25) is 0 Å². The first-order chi connectivity index (χ1) is 10.4. The molecule has 0 aromatic rings. The van der Waals surface area contributed by atoms with E-state index in [-0.39, 0.29) is 24.4 Å². The highest BCUT2D eigenvalue weighted by Crippen LogP contribution is 2.16. The van der Waals surface area contributed by atoms with Crippen molar-refractivity contribution in [1.82, 2.24) is 9.79 Å². The van der Waals surface area contributed by atoms with Gasteiger partial charge in [-0.3, -0.25) is 10.0 Å². The summed E-state index contributed by atoms with van der Waals surface area (Å²) in [6.45, 7) is 1.75. The van der Waals surface area contributed by atoms with Gasteiger partial charge in [0.15, 0.2) is 11.5 Å². The summed E-state index contributed by atoms with van der Waals surface area (Å²) in [4.78, 5) is 11.3. The minimum absolute atomic E-state index is 0.0777. The zero-order valence-electron chi connectivity index (χ0n) is 12.7. The summed E-state index contributed by atoms with van der Waals surface area (Å²) in [5, 5.41) is 8.55. The van der Waals surface area contributed by atoms with E-state index in [4.69, 9.17) is 14.7 Å². The second-order valence-electron chi connectivity index (χ2n) is 4.37. The van der Waals surface area contributed by atoms with E-state index < -0.39 is 15.9 Å². The van der Waals surface area contributed by atoms with Crippen molar-refractivity contribution in [2.75, 3.05) is 33.1 Å². The third kappa shape index (κ3) is 4.33. The normalized spacial score (nSPS) is 17.2. The Labute approximate surface area is 129 Å². The lowest BCUT2D eigenvalue weighted by atomic mass is 10.3. The van der Waals surface area contributed by atoms with Crippen LogP contribution < -0.4 is 5.48 Å². The van der Waals surface area contributed by atoms with Crippen LogP contribution in [0.4, 0.5) is 0 Å². The summed E-state index contributed by atoms with van der Waals surface area (Å²) in [6.07, 6.45) is 4.51. The van der Waals surface area contributed by atoms with E-state index in [0.717, 1.165) is 4.31 Å². The first-order valence-corrected chi connectivity index (χ1v) is 8.06. The third-order valence-corrected chi connectivity index (χ3v) is 4.75. The van der Waals surface area contributed by atoms with E-state index in [2.05, 4.69) is 0 Å². The summed E-state index contributed by atoms with van der Waals surface area (Å²) < 4.78 is 35.8. The standard InChI is InChI=1S/C13H20N2O6S/c1-4-11(20-2)12(21-3)6-8-22(18,19)15-7-5-10(9-15)13(16)14-17/h4-6,17H,7-9H2,1-3H3,(H,14,16)/b11-4+,12-6+. The van der Waals surface area contributed by atoms with Gasteiger partial charge in [0.1, 0.15) is 0 Å². The number of amides is 1. The van der Waals surface area contributed by atoms with Crippen molar-refractivity contribution in [3.05, 3.63) is 35.3 Å². The molecule has 0 radical (unpaired) electrons. The molecule has 0 aliphatic carbocycles. The fourth-order valence-corrected chi connectivity index (χ4v) is 3.12. The summed E-state index contributed by atoms with van der Waals surface area (Å²) in [5.41, 5.74) is 1.69. The summed E-state index contributed by atoms with van der Waals surface area (Å²) >= 11 is 0. The molecule has 8 nitrogen and oxygen atoms in total. The first kappa shape index (κ1) is 18.2. The van der Waals surface area contributed by atoms with Crippen molar-refractivity contribution in [1.29, 1.82) is 0 Å². The van der Waals surface area contributed by atoms with Crippen molar-refractivity contribution in [2.45, 2.75) is 6.92 Å². The Kier molecular flexibility index (Phi) is 6.60. The fraction of sp³-hybridized carbons (Fsp3) is 0.462. The number of rotatable bonds is 7. The number of ether oxygens (including phenoxy) is 2. The monoisotopic (exact) mass is 332 g/mol. The highest BCUT2D eigenvalue weighted by atomic mass is 32.2. The number of nitrogens with one attached hydrogen (secondary N) is 1. The molecule has 9 heteroatoms. The quantitative estimate of drug-likeness (QED) is 0.297. The lowest BCUT2D eigenvalue weighted by Gasteiger charge is -2.16. The molecule has 1 aliphatic rings. The molecule has 1 rings (SSSR count). The SMILES string of the molecule is C/C=C(OC)\C(=C/CS(=O)(=O)N1CC=C(C(=O)NO)C1)OC. The molecule has 0 saturated heterocycles. The Balaban J connectivity index is 2.79. The van der Waals surface area contributed by atoms with Gasteiger partial charge in [-0.2, -0.15) is 4.31 Å². The molecule has 0 unspecified atom stereocenters. The molecule has 1 heterocycles. The highest BCUT2D eigenvalue weighted by molar-refractivity contribution is 7.89. The van der Waals surface area contributed by atoms with E-state index >= 15 is 0 Å². The fourth-order valence-electron chi connectivity index (χ4n) is 1.91. The molecule has 124 valence electrons. The van der Waals surface area contributed by atoms with Gasteiger partial charge < -0.3 is 9.47 Å². The van der Waals surface area contributed by atoms with Gasteiger partial charge in [-0.25, -0.2) is 13.9 Å². The Morgan fingerprint density at radius 1 is 1.41 bits per heavy atom. The van der Waals surface area contributed by atoms with Gasteiger partial charge in [-0.1, -0.05) is 6.08 Å². The van der Waals surface area contributed by atoms with Crippen LogP contribution in [0, 0.1) is 0 Å². The Morgan fingerprint density at radius 3 is 2.55 bits per heavy atom. The Morgan fingerprint density at radius 2 is 2.05 bits per heavy atom. The number of hydrogen-bond donors (Lipinski definition) is 2. The summed E-state index contributed by atoms with van der Waals surface area (Å²) in [7, 11) is -0.731. The van der Waals surface area contributed by atoms with Crippen molar-refractivity contribution in [3.8, 4) is 0 Å². The minimum Gasteiger partial charge on any atom is -0.493 e. The van der Waals surface area contributed by atoms with Crippen molar-refractivity contribution in [3.63, 3.8) is 0 Å². The number of hydroxylamine groups is 1. The molecule has 1 amide bonds. The maximum atomic E-state index is 12.2. The van der Waals surface area contributed by atoms with Crippen LogP contribution >= 0.6 is 0 Å². The molecular formula is C13H20N2O6S. The van der Waals surface area contributed by atoms with Crippen LogP contribution in [0.1, 0.15) is 6.92 Å². The number of carbonyl (C=O) groups is 1. The number of sulfonamides is 1. The van der Waals surface area contributed by atoms with E-state index in [9.17, 15) is 13.2 Å². The van der Waals surface area contributed by atoms with Crippen LogP contribution in [-0.4, -0.2) is 56.9 Å². The van der Waals surface area contributed by atoms with Gasteiger partial charge in [0, 0.05) is 18.7 Å². The summed E-state index contributed by atoms with van der Waals surface area (Å²) in [6, 6.07) is 0. The largest absolute Gasteiger partial charge is 0.493 e. The molecule has 0 atom stereocenters. The van der Waals surface area contributed by atoms with E-state index in [1.165, 1.54) is 31.9 Å². The molecule has 0 aromatic carbocycles. The average molecular weight is 332 g/mol. The van der Waals surface area contributed by atoms with Crippen LogP contribution in [0.3, 0.4) is 0 Å². The van der Waals surface area contributed by atoms with Crippen molar-refractivity contribution in [2.24, 2.45) is 0 Å². The smallest absolute Gasteiger partial charge is 0.271 e. The highest BCUT2D eigenvalue weighted by Gasteiger charge is 2.28. The molecule has 2 N–H and O–H groups in total. The van der Waals surface area contributed by atoms with E-state index in [1.807, 2.05) is 0 Å². The second kappa shape index (κ2) is 7.97. The summed E-state index contributed by atoms with van der Waals surface area (Å²) in [5.74, 6) is -0.258. The molecule has 1 aliphatic heterocycles. The molecule has 0 fully saturated rings. The van der Waals surface area contributed by atoms with Gasteiger partial charge in [-0.15, -0.1) is 0 Å². The first-order valence-electron chi connectivity index (χ1n) is 6.45. The van der Waals surface area contributed by atoms with Crippen LogP contribution in [-0.2, 0) is 24.3 Å². The van der Waals surface area contributed by atoms with Crippen LogP contribution in [0.15, 0.2) is 35.3 Å². The van der Waals surface area contributed by atoms with Crippen LogP contribution in [0.5, 0.6) is 0 Å². The lowest BCUT2D eigenvalue weighted by Crippen LogP contribution is -2.33. The number of nitrogens with zero attached hydrogens (tertiary/aromatic N) is 1. The molecule has 0 bridgehead atoms. The maximum absolute atomic E-state index is 12.2. The predicted molar refractivity (Wildman–Crippen MR) is 79.2 cm³/mol. The number of carbonyl (C=O) groups excluding carboxylic acids is 1. The number of methoxy groups -OCH3 is 2. The van der Waals surface area contributed by atoms with Gasteiger partial charge in [0.25, 0.3) is 5.91 Å². The maximum Gasteiger partial charge on any atom is 0.271 e. The van der Waals surface area contributed by atoms with E-state index in [1.54, 1.807) is 13.0 Å². The van der Waals surface area contributed by atoms with Gasteiger partial charge >= 0.3 is 0 Å². The van der Waals surface area contributed by atoms with Crippen LogP contribution in [0.25, 0.3) is 0 Å². The predicted octanol–water partition coefficient (Wildman–Crippen LogP) is 0.144. The van der Waals surface area contributed by atoms with E-state index in [0.29, 0.717) is 11.5 Å².